The Morgan fingerprint density at radius 2 is 2.10 bits per heavy atom. The van der Waals surface area contributed by atoms with Crippen LogP contribution in [0.15, 0.2) is 30.4 Å². The molecule has 0 N–H and O–H groups in total. The van der Waals surface area contributed by atoms with Crippen LogP contribution in [-0.4, -0.2) is 23.4 Å². The van der Waals surface area contributed by atoms with Crippen LogP contribution in [0.2, 0.25) is 10.0 Å². The number of likely N-dealkylation sites (tertiary alicyclic amines) is 1. The van der Waals surface area contributed by atoms with Gasteiger partial charge >= 0.3 is 0 Å². The van der Waals surface area contributed by atoms with E-state index in [9.17, 15) is 4.79 Å². The van der Waals surface area contributed by atoms with Gasteiger partial charge < -0.3 is 4.90 Å². The fraction of sp³-hybridized carbons (Fsp3) is 0.471. The molecule has 0 saturated carbocycles. The summed E-state index contributed by atoms with van der Waals surface area (Å²) in [7, 11) is 0. The summed E-state index contributed by atoms with van der Waals surface area (Å²) in [5, 5.41) is 1.29. The number of nitrogens with zero attached hydrogens (tertiary/aromatic N) is 1. The van der Waals surface area contributed by atoms with Crippen molar-refractivity contribution in [3.05, 3.63) is 46.0 Å². The van der Waals surface area contributed by atoms with E-state index in [0.29, 0.717) is 22.5 Å². The van der Waals surface area contributed by atoms with Crippen molar-refractivity contribution in [3.8, 4) is 0 Å². The zero-order valence-corrected chi connectivity index (χ0v) is 13.4. The highest BCUT2D eigenvalue weighted by atomic mass is 35.5. The Morgan fingerprint density at radius 1 is 1.24 bits per heavy atom. The second-order valence-electron chi connectivity index (χ2n) is 5.88. The Bertz CT molecular complexity index is 570. The van der Waals surface area contributed by atoms with Crippen LogP contribution in [0.4, 0.5) is 0 Å². The van der Waals surface area contributed by atoms with E-state index in [2.05, 4.69) is 12.2 Å². The summed E-state index contributed by atoms with van der Waals surface area (Å²) in [5.41, 5.74) is 1.01. The van der Waals surface area contributed by atoms with Crippen molar-refractivity contribution in [2.45, 2.75) is 38.1 Å². The highest BCUT2D eigenvalue weighted by molar-refractivity contribution is 6.35. The Kier molecular flexibility index (Phi) is 4.56. The second-order valence-corrected chi connectivity index (χ2v) is 6.73. The Morgan fingerprint density at radius 3 is 2.81 bits per heavy atom. The number of amides is 1. The van der Waals surface area contributed by atoms with Gasteiger partial charge in [-0.25, -0.2) is 0 Å². The Hall–Kier alpha value is -0.990. The Balaban J connectivity index is 1.69. The zero-order chi connectivity index (χ0) is 14.8. The third kappa shape index (κ3) is 3.27. The van der Waals surface area contributed by atoms with Crippen molar-refractivity contribution in [2.24, 2.45) is 5.92 Å². The lowest BCUT2D eigenvalue weighted by Crippen LogP contribution is -2.37. The first-order valence-electron chi connectivity index (χ1n) is 7.56. The first-order valence-corrected chi connectivity index (χ1v) is 8.32. The van der Waals surface area contributed by atoms with Gasteiger partial charge in [0.1, 0.15) is 0 Å². The fourth-order valence-electron chi connectivity index (χ4n) is 3.29. The zero-order valence-electron chi connectivity index (χ0n) is 11.9. The minimum atomic E-state index is 0.0546. The molecule has 1 aromatic carbocycles. The van der Waals surface area contributed by atoms with Gasteiger partial charge in [0.2, 0.25) is 5.91 Å². The lowest BCUT2D eigenvalue weighted by molar-refractivity contribution is -0.132. The van der Waals surface area contributed by atoms with E-state index in [-0.39, 0.29) is 11.8 Å². The lowest BCUT2D eigenvalue weighted by atomic mass is 9.97. The number of hydrogen-bond acceptors (Lipinski definition) is 1. The van der Waals surface area contributed by atoms with Gasteiger partial charge in [0.05, 0.1) is 0 Å². The summed E-state index contributed by atoms with van der Waals surface area (Å²) in [6, 6.07) is 5.82. The molecule has 4 heteroatoms. The highest BCUT2D eigenvalue weighted by Gasteiger charge is 2.35. The molecule has 1 saturated heterocycles. The van der Waals surface area contributed by atoms with Gasteiger partial charge in [0.25, 0.3) is 0 Å². The van der Waals surface area contributed by atoms with Gasteiger partial charge in [-0.05, 0) is 49.8 Å². The van der Waals surface area contributed by atoms with Crippen LogP contribution < -0.4 is 0 Å². The third-order valence-electron chi connectivity index (χ3n) is 4.46. The fourth-order valence-corrected chi connectivity index (χ4v) is 3.77. The van der Waals surface area contributed by atoms with Crippen LogP contribution in [0.3, 0.4) is 0 Å². The average Bonchev–Trinajstić information content (AvgIpc) is 2.84. The first-order chi connectivity index (χ1) is 10.1. The maximum Gasteiger partial charge on any atom is 0.226 e. The average molecular weight is 324 g/mol. The van der Waals surface area contributed by atoms with Crippen molar-refractivity contribution in [3.63, 3.8) is 0 Å². The standard InChI is InChI=1S/C17H19Cl2NO/c18-14-7-6-12(16(19)11-14)10-13-8-9-20(17(13)21)15-4-2-1-3-5-15/h2,4,6-7,11,13,15H,1,3,5,8-10H2. The van der Waals surface area contributed by atoms with Gasteiger partial charge in [-0.1, -0.05) is 41.4 Å². The van der Waals surface area contributed by atoms with E-state index >= 15 is 0 Å². The van der Waals surface area contributed by atoms with Crippen LogP contribution in [0.25, 0.3) is 0 Å². The van der Waals surface area contributed by atoms with Gasteiger partial charge in [-0.3, -0.25) is 4.79 Å². The molecule has 1 aromatic rings. The minimum absolute atomic E-state index is 0.0546. The molecule has 2 aliphatic rings. The number of carbonyl (C=O) groups is 1. The van der Waals surface area contributed by atoms with E-state index < -0.39 is 0 Å². The number of hydrogen-bond donors (Lipinski definition) is 0. The topological polar surface area (TPSA) is 20.3 Å². The monoisotopic (exact) mass is 323 g/mol. The van der Waals surface area contributed by atoms with Crippen molar-refractivity contribution in [1.82, 2.24) is 4.90 Å². The molecule has 0 bridgehead atoms. The SMILES string of the molecule is O=C1C(Cc2ccc(Cl)cc2Cl)CCN1C1C=CCCC1. The van der Waals surface area contributed by atoms with E-state index in [1.807, 2.05) is 17.0 Å². The summed E-state index contributed by atoms with van der Waals surface area (Å²) in [4.78, 5) is 14.7. The number of benzene rings is 1. The smallest absolute Gasteiger partial charge is 0.226 e. The summed E-state index contributed by atoms with van der Waals surface area (Å²) in [5.74, 6) is 0.330. The molecule has 2 nitrogen and oxygen atoms in total. The molecular weight excluding hydrogens is 305 g/mol. The highest BCUT2D eigenvalue weighted by Crippen LogP contribution is 2.30. The lowest BCUT2D eigenvalue weighted by Gasteiger charge is -2.27. The summed E-state index contributed by atoms with van der Waals surface area (Å²) in [6.45, 7) is 0.865. The number of halogens is 2. The number of rotatable bonds is 3. The van der Waals surface area contributed by atoms with Gasteiger partial charge in [-0.15, -0.1) is 0 Å². The summed E-state index contributed by atoms with van der Waals surface area (Å²) in [6.07, 6.45) is 9.44. The maximum atomic E-state index is 12.6. The number of carbonyl (C=O) groups excluding carboxylic acids is 1. The summed E-state index contributed by atoms with van der Waals surface area (Å²) >= 11 is 12.1. The van der Waals surface area contributed by atoms with E-state index in [1.54, 1.807) is 6.07 Å². The van der Waals surface area contributed by atoms with Crippen LogP contribution in [0.5, 0.6) is 0 Å². The van der Waals surface area contributed by atoms with Gasteiger partial charge in [-0.2, -0.15) is 0 Å². The van der Waals surface area contributed by atoms with Gasteiger partial charge in [0, 0.05) is 28.5 Å². The predicted octanol–water partition coefficient (Wildman–Crippen LogP) is 4.49. The molecule has 0 aromatic heterocycles. The Labute approximate surface area is 135 Å². The van der Waals surface area contributed by atoms with Crippen molar-refractivity contribution in [2.75, 3.05) is 6.54 Å². The molecule has 112 valence electrons. The molecule has 1 aliphatic carbocycles. The quantitative estimate of drug-likeness (QED) is 0.750. The van der Waals surface area contributed by atoms with Gasteiger partial charge in [0.15, 0.2) is 0 Å². The molecule has 3 rings (SSSR count). The van der Waals surface area contributed by atoms with Crippen LogP contribution >= 0.6 is 23.2 Å². The van der Waals surface area contributed by atoms with E-state index in [0.717, 1.165) is 31.4 Å². The van der Waals surface area contributed by atoms with E-state index in [1.165, 1.54) is 6.42 Å². The molecule has 1 amide bonds. The van der Waals surface area contributed by atoms with Crippen molar-refractivity contribution < 1.29 is 4.79 Å². The van der Waals surface area contributed by atoms with Crippen LogP contribution in [-0.2, 0) is 11.2 Å². The van der Waals surface area contributed by atoms with E-state index in [4.69, 9.17) is 23.2 Å². The molecule has 2 atom stereocenters. The molecule has 1 aliphatic heterocycles. The normalized spacial score (nSPS) is 25.6. The summed E-state index contributed by atoms with van der Waals surface area (Å²) < 4.78 is 0. The second kappa shape index (κ2) is 6.41. The largest absolute Gasteiger partial charge is 0.336 e. The van der Waals surface area contributed by atoms with Crippen molar-refractivity contribution in [1.29, 1.82) is 0 Å². The minimum Gasteiger partial charge on any atom is -0.336 e. The first kappa shape index (κ1) is 14.9. The predicted molar refractivity (Wildman–Crippen MR) is 86.8 cm³/mol. The molecule has 0 radical (unpaired) electrons. The number of allylic oxidation sites excluding steroid dienone is 1. The molecule has 1 heterocycles. The molecule has 21 heavy (non-hydrogen) atoms. The molecule has 2 unspecified atom stereocenters. The maximum absolute atomic E-state index is 12.6. The molecule has 1 fully saturated rings. The molecular formula is C17H19Cl2NO. The van der Waals surface area contributed by atoms with Crippen LogP contribution in [0, 0.1) is 5.92 Å². The van der Waals surface area contributed by atoms with Crippen molar-refractivity contribution >= 4 is 29.1 Å². The molecule has 0 spiro atoms. The third-order valence-corrected chi connectivity index (χ3v) is 5.05. The van der Waals surface area contributed by atoms with Crippen LogP contribution in [0.1, 0.15) is 31.2 Å².